The van der Waals surface area contributed by atoms with Gasteiger partial charge in [0, 0.05) is 14.1 Å². The van der Waals surface area contributed by atoms with Crippen LogP contribution in [0, 0.1) is 6.92 Å². The molecule has 0 saturated carbocycles. The lowest BCUT2D eigenvalue weighted by Crippen LogP contribution is -2.33. The molecule has 0 saturated heterocycles. The second kappa shape index (κ2) is 5.38. The van der Waals surface area contributed by atoms with E-state index >= 15 is 0 Å². The number of para-hydroxylation sites is 1. The standard InChI is InChI=1S/C13H18N4O3S/c1-10-12(15(2)9-21(14,19)20)13(18)17(16(10)3)11-7-5-4-6-8-11/h4-8H,9H2,1-3H3,(H2,14,19,20). The van der Waals surface area contributed by atoms with Crippen molar-refractivity contribution in [3.63, 3.8) is 0 Å². The van der Waals surface area contributed by atoms with E-state index in [0.29, 0.717) is 17.1 Å². The summed E-state index contributed by atoms with van der Waals surface area (Å²) < 4.78 is 25.6. The van der Waals surface area contributed by atoms with E-state index < -0.39 is 15.9 Å². The topological polar surface area (TPSA) is 90.3 Å². The van der Waals surface area contributed by atoms with E-state index in [1.807, 2.05) is 30.3 Å². The van der Waals surface area contributed by atoms with Gasteiger partial charge >= 0.3 is 0 Å². The zero-order chi connectivity index (χ0) is 15.8. The first kappa shape index (κ1) is 15.3. The van der Waals surface area contributed by atoms with Gasteiger partial charge in [-0.1, -0.05) is 18.2 Å². The van der Waals surface area contributed by atoms with Crippen molar-refractivity contribution < 1.29 is 8.42 Å². The first-order valence-corrected chi connectivity index (χ1v) is 7.99. The van der Waals surface area contributed by atoms with Gasteiger partial charge in [-0.25, -0.2) is 18.2 Å². The first-order chi connectivity index (χ1) is 9.72. The molecule has 2 aromatic rings. The fraction of sp³-hybridized carbons (Fsp3) is 0.308. The number of hydrogen-bond acceptors (Lipinski definition) is 4. The Balaban J connectivity index is 2.59. The highest BCUT2D eigenvalue weighted by molar-refractivity contribution is 7.89. The van der Waals surface area contributed by atoms with Gasteiger partial charge in [0.15, 0.2) is 0 Å². The van der Waals surface area contributed by atoms with Crippen LogP contribution in [0.5, 0.6) is 0 Å². The summed E-state index contributed by atoms with van der Waals surface area (Å²) in [7, 11) is -0.425. The molecule has 0 bridgehead atoms. The fourth-order valence-electron chi connectivity index (χ4n) is 2.33. The molecule has 114 valence electrons. The van der Waals surface area contributed by atoms with Crippen molar-refractivity contribution in [1.29, 1.82) is 0 Å². The van der Waals surface area contributed by atoms with Gasteiger partial charge < -0.3 is 4.90 Å². The molecule has 2 N–H and O–H groups in total. The molecular weight excluding hydrogens is 292 g/mol. The van der Waals surface area contributed by atoms with Gasteiger partial charge in [-0.3, -0.25) is 9.48 Å². The van der Waals surface area contributed by atoms with Gasteiger partial charge in [-0.05, 0) is 19.1 Å². The molecule has 0 amide bonds. The van der Waals surface area contributed by atoms with E-state index in [0.717, 1.165) is 0 Å². The number of nitrogens with zero attached hydrogens (tertiary/aromatic N) is 3. The number of nitrogens with two attached hydrogens (primary N) is 1. The van der Waals surface area contributed by atoms with Crippen LogP contribution in [0.25, 0.3) is 5.69 Å². The molecule has 0 unspecified atom stereocenters. The van der Waals surface area contributed by atoms with Gasteiger partial charge in [-0.15, -0.1) is 0 Å². The Morgan fingerprint density at radius 3 is 2.33 bits per heavy atom. The Kier molecular flexibility index (Phi) is 3.93. The lowest BCUT2D eigenvalue weighted by Gasteiger charge is -2.15. The third kappa shape index (κ3) is 3.01. The molecule has 8 heteroatoms. The van der Waals surface area contributed by atoms with Crippen LogP contribution < -0.4 is 15.6 Å². The molecule has 0 aliphatic rings. The van der Waals surface area contributed by atoms with Crippen LogP contribution in [0.3, 0.4) is 0 Å². The molecule has 0 atom stereocenters. The molecular formula is C13H18N4O3S. The molecule has 1 heterocycles. The van der Waals surface area contributed by atoms with Gasteiger partial charge in [0.2, 0.25) is 10.0 Å². The normalized spacial score (nSPS) is 11.6. The quantitative estimate of drug-likeness (QED) is 0.871. The Bertz CT molecular complexity index is 806. The summed E-state index contributed by atoms with van der Waals surface area (Å²) >= 11 is 0. The van der Waals surface area contributed by atoms with Gasteiger partial charge in [0.1, 0.15) is 11.6 Å². The Labute approximate surface area is 123 Å². The van der Waals surface area contributed by atoms with Crippen molar-refractivity contribution in [2.75, 3.05) is 17.8 Å². The van der Waals surface area contributed by atoms with Crippen molar-refractivity contribution in [2.24, 2.45) is 12.2 Å². The highest BCUT2D eigenvalue weighted by Gasteiger charge is 2.21. The van der Waals surface area contributed by atoms with Gasteiger partial charge in [0.25, 0.3) is 5.56 Å². The largest absolute Gasteiger partial charge is 0.353 e. The summed E-state index contributed by atoms with van der Waals surface area (Å²) in [4.78, 5) is 14.0. The molecule has 0 spiro atoms. The van der Waals surface area contributed by atoms with Gasteiger partial charge in [0.05, 0.1) is 11.4 Å². The van der Waals surface area contributed by atoms with E-state index in [9.17, 15) is 13.2 Å². The van der Waals surface area contributed by atoms with E-state index in [1.54, 1.807) is 18.7 Å². The Hall–Kier alpha value is -2.06. The molecule has 21 heavy (non-hydrogen) atoms. The summed E-state index contributed by atoms with van der Waals surface area (Å²) in [6.45, 7) is 1.76. The Morgan fingerprint density at radius 1 is 1.24 bits per heavy atom. The minimum atomic E-state index is -3.70. The highest BCUT2D eigenvalue weighted by atomic mass is 32.2. The predicted molar refractivity (Wildman–Crippen MR) is 82.1 cm³/mol. The van der Waals surface area contributed by atoms with Gasteiger partial charge in [-0.2, -0.15) is 0 Å². The second-order valence-electron chi connectivity index (χ2n) is 4.90. The van der Waals surface area contributed by atoms with Crippen LogP contribution >= 0.6 is 0 Å². The third-order valence-electron chi connectivity index (χ3n) is 3.28. The van der Waals surface area contributed by atoms with Crippen molar-refractivity contribution in [1.82, 2.24) is 9.36 Å². The molecule has 0 aliphatic heterocycles. The zero-order valence-corrected chi connectivity index (χ0v) is 13.0. The predicted octanol–water partition coefficient (Wildman–Crippen LogP) is 0.167. The number of primary sulfonamides is 1. The van der Waals surface area contributed by atoms with Crippen LogP contribution in [0.1, 0.15) is 5.69 Å². The second-order valence-corrected chi connectivity index (χ2v) is 6.48. The van der Waals surface area contributed by atoms with Crippen molar-refractivity contribution in [3.8, 4) is 5.69 Å². The number of rotatable bonds is 4. The Morgan fingerprint density at radius 2 is 1.81 bits per heavy atom. The van der Waals surface area contributed by atoms with E-state index in [1.165, 1.54) is 16.6 Å². The highest BCUT2D eigenvalue weighted by Crippen LogP contribution is 2.17. The summed E-state index contributed by atoms with van der Waals surface area (Å²) in [6, 6.07) is 9.14. The first-order valence-electron chi connectivity index (χ1n) is 6.28. The molecule has 2 rings (SSSR count). The van der Waals surface area contributed by atoms with E-state index in [2.05, 4.69) is 0 Å². The summed E-state index contributed by atoms with van der Waals surface area (Å²) in [5, 5.41) is 5.04. The lowest BCUT2D eigenvalue weighted by atomic mass is 10.3. The van der Waals surface area contributed by atoms with Crippen molar-refractivity contribution >= 4 is 15.7 Å². The van der Waals surface area contributed by atoms with Crippen LogP contribution in [0.15, 0.2) is 35.1 Å². The molecule has 7 nitrogen and oxygen atoms in total. The maximum absolute atomic E-state index is 12.6. The molecule has 0 aliphatic carbocycles. The van der Waals surface area contributed by atoms with Crippen molar-refractivity contribution in [3.05, 3.63) is 46.4 Å². The fourth-order valence-corrected chi connectivity index (χ4v) is 3.00. The molecule has 0 fully saturated rings. The monoisotopic (exact) mass is 310 g/mol. The maximum Gasteiger partial charge on any atom is 0.295 e. The maximum atomic E-state index is 12.6. The zero-order valence-electron chi connectivity index (χ0n) is 12.1. The average molecular weight is 310 g/mol. The van der Waals surface area contributed by atoms with Crippen LogP contribution in [-0.4, -0.2) is 30.7 Å². The number of benzene rings is 1. The van der Waals surface area contributed by atoms with Crippen molar-refractivity contribution in [2.45, 2.75) is 6.92 Å². The number of aromatic nitrogens is 2. The molecule has 1 aromatic heterocycles. The van der Waals surface area contributed by atoms with Crippen LogP contribution in [0.4, 0.5) is 5.69 Å². The number of hydrogen-bond donors (Lipinski definition) is 1. The van der Waals surface area contributed by atoms with E-state index in [-0.39, 0.29) is 5.56 Å². The smallest absolute Gasteiger partial charge is 0.295 e. The number of anilines is 1. The summed E-state index contributed by atoms with van der Waals surface area (Å²) in [6.07, 6.45) is 0. The minimum absolute atomic E-state index is 0.285. The molecule has 1 aromatic carbocycles. The van der Waals surface area contributed by atoms with E-state index in [4.69, 9.17) is 5.14 Å². The summed E-state index contributed by atoms with van der Waals surface area (Å²) in [5.41, 5.74) is 1.40. The molecule has 0 radical (unpaired) electrons. The van der Waals surface area contributed by atoms with Crippen LogP contribution in [0.2, 0.25) is 0 Å². The lowest BCUT2D eigenvalue weighted by molar-refractivity contribution is 0.596. The third-order valence-corrected chi connectivity index (χ3v) is 4.03. The number of sulfonamides is 1. The van der Waals surface area contributed by atoms with Crippen LogP contribution in [-0.2, 0) is 17.1 Å². The average Bonchev–Trinajstić information content (AvgIpc) is 2.59. The minimum Gasteiger partial charge on any atom is -0.353 e. The summed E-state index contributed by atoms with van der Waals surface area (Å²) in [5.74, 6) is -0.415. The SMILES string of the molecule is Cc1c(N(C)CS(N)(=O)=O)c(=O)n(-c2ccccc2)n1C.